The molecule has 0 radical (unpaired) electrons. The number of rotatable bonds is 8. The Balaban J connectivity index is 3.21. The van der Waals surface area contributed by atoms with Crippen LogP contribution >= 0.6 is 0 Å². The van der Waals surface area contributed by atoms with Crippen molar-refractivity contribution in [2.75, 3.05) is 20.2 Å². The van der Waals surface area contributed by atoms with Gasteiger partial charge in [-0.1, -0.05) is 13.8 Å². The van der Waals surface area contributed by atoms with Crippen molar-refractivity contribution in [3.05, 3.63) is 44.0 Å². The van der Waals surface area contributed by atoms with Gasteiger partial charge in [0.1, 0.15) is 0 Å². The minimum Gasteiger partial charge on any atom is -0.469 e. The number of nitro benzene ring substituents is 2. The molecule has 1 rings (SSSR count). The molecule has 136 valence electrons. The first-order chi connectivity index (χ1) is 11.7. The van der Waals surface area contributed by atoms with Gasteiger partial charge in [-0.3, -0.25) is 29.8 Å². The number of carbonyl (C=O) groups is 2. The van der Waals surface area contributed by atoms with E-state index in [9.17, 15) is 29.8 Å². The molecule has 1 aromatic rings. The zero-order valence-electron chi connectivity index (χ0n) is 14.1. The number of methoxy groups -OCH3 is 1. The van der Waals surface area contributed by atoms with Crippen LogP contribution in [0.2, 0.25) is 0 Å². The Morgan fingerprint density at radius 1 is 1.16 bits per heavy atom. The van der Waals surface area contributed by atoms with Crippen molar-refractivity contribution in [1.29, 1.82) is 0 Å². The van der Waals surface area contributed by atoms with Crippen LogP contribution in [0.25, 0.3) is 0 Å². The second-order valence-corrected chi connectivity index (χ2v) is 5.43. The van der Waals surface area contributed by atoms with E-state index in [1.54, 1.807) is 6.92 Å². The molecule has 1 aromatic carbocycles. The van der Waals surface area contributed by atoms with Gasteiger partial charge in [0, 0.05) is 25.2 Å². The maximum Gasteiger partial charge on any atom is 0.310 e. The third kappa shape index (κ3) is 5.23. The summed E-state index contributed by atoms with van der Waals surface area (Å²) in [6, 6.07) is 2.76. The van der Waals surface area contributed by atoms with Crippen molar-refractivity contribution in [1.82, 2.24) is 4.90 Å². The van der Waals surface area contributed by atoms with Crippen LogP contribution in [0.1, 0.15) is 30.6 Å². The minimum absolute atomic E-state index is 0.0375. The molecular weight excluding hydrogens is 334 g/mol. The lowest BCUT2D eigenvalue weighted by Gasteiger charge is -2.24. The fraction of sp³-hybridized carbons (Fsp3) is 0.467. The number of hydrogen-bond acceptors (Lipinski definition) is 7. The Hall–Kier alpha value is -3.04. The van der Waals surface area contributed by atoms with Gasteiger partial charge in [0.2, 0.25) is 0 Å². The van der Waals surface area contributed by atoms with E-state index in [0.717, 1.165) is 18.2 Å². The number of benzene rings is 1. The summed E-state index contributed by atoms with van der Waals surface area (Å²) in [4.78, 5) is 45.8. The fourth-order valence-corrected chi connectivity index (χ4v) is 2.26. The van der Waals surface area contributed by atoms with Gasteiger partial charge in [-0.15, -0.1) is 0 Å². The van der Waals surface area contributed by atoms with Crippen LogP contribution in [0.5, 0.6) is 0 Å². The first-order valence-electron chi connectivity index (χ1n) is 7.52. The van der Waals surface area contributed by atoms with E-state index < -0.39 is 39.0 Å². The molecule has 1 unspecified atom stereocenters. The van der Waals surface area contributed by atoms with Crippen molar-refractivity contribution in [3.8, 4) is 0 Å². The van der Waals surface area contributed by atoms with Crippen LogP contribution in [0.15, 0.2) is 18.2 Å². The van der Waals surface area contributed by atoms with E-state index >= 15 is 0 Å². The van der Waals surface area contributed by atoms with Crippen LogP contribution in [-0.4, -0.2) is 46.8 Å². The highest BCUT2D eigenvalue weighted by molar-refractivity contribution is 5.95. The third-order valence-corrected chi connectivity index (χ3v) is 3.45. The van der Waals surface area contributed by atoms with Crippen molar-refractivity contribution >= 4 is 23.3 Å². The number of carbonyl (C=O) groups excluding carboxylic acids is 2. The molecule has 1 atom stereocenters. The summed E-state index contributed by atoms with van der Waals surface area (Å²) in [5, 5.41) is 21.9. The van der Waals surface area contributed by atoms with Crippen LogP contribution in [-0.2, 0) is 9.53 Å². The Bertz CT molecular complexity index is 657. The molecule has 10 heteroatoms. The summed E-state index contributed by atoms with van der Waals surface area (Å²) < 4.78 is 4.62. The highest BCUT2D eigenvalue weighted by Crippen LogP contribution is 2.24. The minimum atomic E-state index is -0.801. The second kappa shape index (κ2) is 8.71. The molecule has 0 aromatic heterocycles. The first kappa shape index (κ1) is 20.0. The SMILES string of the molecule is CCCN(CC(C)C(=O)OC)C(=O)c1cc([N+](=O)[O-])cc([N+](=O)[O-])c1. The van der Waals surface area contributed by atoms with E-state index in [2.05, 4.69) is 4.74 Å². The lowest BCUT2D eigenvalue weighted by atomic mass is 10.1. The van der Waals surface area contributed by atoms with E-state index in [1.165, 1.54) is 12.0 Å². The number of amides is 1. The zero-order valence-corrected chi connectivity index (χ0v) is 14.1. The molecular formula is C15H19N3O7. The molecule has 0 saturated carbocycles. The molecule has 0 aliphatic rings. The molecule has 0 saturated heterocycles. The van der Waals surface area contributed by atoms with Crippen LogP contribution in [0.3, 0.4) is 0 Å². The van der Waals surface area contributed by atoms with Gasteiger partial charge >= 0.3 is 5.97 Å². The number of nitro groups is 2. The summed E-state index contributed by atoms with van der Waals surface area (Å²) >= 11 is 0. The quantitative estimate of drug-likeness (QED) is 0.397. The maximum absolute atomic E-state index is 12.7. The molecule has 10 nitrogen and oxygen atoms in total. The molecule has 0 spiro atoms. The summed E-state index contributed by atoms with van der Waals surface area (Å²) in [6.45, 7) is 3.73. The maximum atomic E-state index is 12.7. The zero-order chi connectivity index (χ0) is 19.1. The summed E-state index contributed by atoms with van der Waals surface area (Å²) in [7, 11) is 1.23. The Labute approximate surface area is 143 Å². The van der Waals surface area contributed by atoms with Crippen LogP contribution < -0.4 is 0 Å². The summed E-state index contributed by atoms with van der Waals surface area (Å²) in [5.41, 5.74) is -1.27. The molecule has 1 amide bonds. The fourth-order valence-electron chi connectivity index (χ4n) is 2.26. The van der Waals surface area contributed by atoms with Gasteiger partial charge in [0.15, 0.2) is 0 Å². The van der Waals surface area contributed by atoms with Crippen LogP contribution in [0.4, 0.5) is 11.4 Å². The second-order valence-electron chi connectivity index (χ2n) is 5.43. The highest BCUT2D eigenvalue weighted by atomic mass is 16.6. The molecule has 0 heterocycles. The Kier molecular flexibility index (Phi) is 6.97. The van der Waals surface area contributed by atoms with Gasteiger partial charge in [-0.05, 0) is 6.42 Å². The first-order valence-corrected chi connectivity index (χ1v) is 7.52. The lowest BCUT2D eigenvalue weighted by Crippen LogP contribution is -2.37. The number of esters is 1. The number of nitrogens with zero attached hydrogens (tertiary/aromatic N) is 3. The van der Waals surface area contributed by atoms with Crippen molar-refractivity contribution in [3.63, 3.8) is 0 Å². The average Bonchev–Trinajstić information content (AvgIpc) is 2.59. The molecule has 0 N–H and O–H groups in total. The van der Waals surface area contributed by atoms with Gasteiger partial charge in [0.05, 0.1) is 34.5 Å². The number of hydrogen-bond donors (Lipinski definition) is 0. The Morgan fingerprint density at radius 2 is 1.68 bits per heavy atom. The van der Waals surface area contributed by atoms with E-state index in [-0.39, 0.29) is 18.7 Å². The smallest absolute Gasteiger partial charge is 0.310 e. The molecule has 25 heavy (non-hydrogen) atoms. The van der Waals surface area contributed by atoms with Crippen LogP contribution in [0, 0.1) is 26.1 Å². The van der Waals surface area contributed by atoms with Gasteiger partial charge in [-0.25, -0.2) is 0 Å². The van der Waals surface area contributed by atoms with Gasteiger partial charge in [0.25, 0.3) is 17.3 Å². The molecule has 0 aliphatic carbocycles. The highest BCUT2D eigenvalue weighted by Gasteiger charge is 2.25. The number of ether oxygens (including phenoxy) is 1. The molecule has 0 bridgehead atoms. The van der Waals surface area contributed by atoms with E-state index in [0.29, 0.717) is 6.42 Å². The largest absolute Gasteiger partial charge is 0.469 e. The summed E-state index contributed by atoms with van der Waals surface area (Å²) in [6.07, 6.45) is 0.580. The van der Waals surface area contributed by atoms with Gasteiger partial charge < -0.3 is 9.64 Å². The lowest BCUT2D eigenvalue weighted by molar-refractivity contribution is -0.394. The molecule has 0 aliphatic heterocycles. The predicted molar refractivity (Wildman–Crippen MR) is 87.1 cm³/mol. The predicted octanol–water partition coefficient (Wildman–Crippen LogP) is 2.16. The van der Waals surface area contributed by atoms with Crippen molar-refractivity contribution in [2.45, 2.75) is 20.3 Å². The third-order valence-electron chi connectivity index (χ3n) is 3.45. The topological polar surface area (TPSA) is 133 Å². The summed E-state index contributed by atoms with van der Waals surface area (Å²) in [5.74, 6) is -1.72. The standard InChI is InChI=1S/C15H19N3O7/c1-4-5-16(9-10(2)15(20)25-3)14(19)11-6-12(17(21)22)8-13(7-11)18(23)24/h6-8,10H,4-5,9H2,1-3H3. The number of non-ortho nitro benzene ring substituents is 2. The monoisotopic (exact) mass is 353 g/mol. The van der Waals surface area contributed by atoms with E-state index in [1.807, 2.05) is 6.92 Å². The van der Waals surface area contributed by atoms with E-state index in [4.69, 9.17) is 0 Å². The molecule has 0 fully saturated rings. The Morgan fingerprint density at radius 3 is 2.08 bits per heavy atom. The normalized spacial score (nSPS) is 11.5. The van der Waals surface area contributed by atoms with Crippen molar-refractivity contribution in [2.24, 2.45) is 5.92 Å². The average molecular weight is 353 g/mol. The van der Waals surface area contributed by atoms with Crippen molar-refractivity contribution < 1.29 is 24.2 Å². The van der Waals surface area contributed by atoms with Gasteiger partial charge in [-0.2, -0.15) is 0 Å².